The van der Waals surface area contributed by atoms with Gasteiger partial charge in [-0.1, -0.05) is 17.3 Å². The van der Waals surface area contributed by atoms with Crippen LogP contribution >= 0.6 is 0 Å². The van der Waals surface area contributed by atoms with Crippen molar-refractivity contribution in [2.45, 2.75) is 37.0 Å². The van der Waals surface area contributed by atoms with Crippen LogP contribution in [0.1, 0.15) is 32.1 Å². The predicted molar refractivity (Wildman–Crippen MR) is 83.6 cm³/mol. The zero-order valence-corrected chi connectivity index (χ0v) is 13.7. The van der Waals surface area contributed by atoms with Crippen molar-refractivity contribution in [2.75, 3.05) is 19.5 Å². The molecule has 0 unspecified atom stereocenters. The molecule has 1 fully saturated rings. The third-order valence-corrected chi connectivity index (χ3v) is 5.67. The number of carbonyl (C=O) groups is 1. The SMILES string of the molecule is CON(C)S(=O)(=O)c1ccc(NC(=O)CC2CCCC2)cc1. The molecule has 6 nitrogen and oxygen atoms in total. The van der Waals surface area contributed by atoms with Crippen LogP contribution in [0.5, 0.6) is 0 Å². The maximum atomic E-state index is 12.0. The number of hydrogen-bond acceptors (Lipinski definition) is 4. The Morgan fingerprint density at radius 1 is 1.27 bits per heavy atom. The highest BCUT2D eigenvalue weighted by molar-refractivity contribution is 7.89. The molecular weight excluding hydrogens is 304 g/mol. The third-order valence-electron chi connectivity index (χ3n) is 3.98. The summed E-state index contributed by atoms with van der Waals surface area (Å²) in [5.41, 5.74) is 0.599. The van der Waals surface area contributed by atoms with Crippen LogP contribution in [0.4, 0.5) is 5.69 Å². The van der Waals surface area contributed by atoms with Crippen LogP contribution in [-0.4, -0.2) is 33.0 Å². The second-order valence-corrected chi connectivity index (χ2v) is 7.46. The molecular formula is C15H22N2O4S. The van der Waals surface area contributed by atoms with E-state index in [0.29, 0.717) is 18.0 Å². The van der Waals surface area contributed by atoms with Crippen LogP contribution in [0.3, 0.4) is 0 Å². The number of anilines is 1. The Morgan fingerprint density at radius 3 is 2.41 bits per heavy atom. The number of nitrogens with one attached hydrogen (secondary N) is 1. The molecule has 1 aromatic rings. The molecule has 122 valence electrons. The molecule has 0 atom stereocenters. The van der Waals surface area contributed by atoms with Crippen molar-refractivity contribution in [3.8, 4) is 0 Å². The van der Waals surface area contributed by atoms with E-state index in [0.717, 1.165) is 17.3 Å². The molecule has 0 saturated heterocycles. The summed E-state index contributed by atoms with van der Waals surface area (Å²) in [5, 5.41) is 2.81. The van der Waals surface area contributed by atoms with Gasteiger partial charge < -0.3 is 5.32 Å². The molecule has 0 aromatic heterocycles. The fraction of sp³-hybridized carbons (Fsp3) is 0.533. The van der Waals surface area contributed by atoms with E-state index in [9.17, 15) is 13.2 Å². The number of rotatable bonds is 6. The van der Waals surface area contributed by atoms with Gasteiger partial charge in [0.15, 0.2) is 0 Å². The van der Waals surface area contributed by atoms with E-state index in [2.05, 4.69) is 5.32 Å². The molecule has 0 bridgehead atoms. The second kappa shape index (κ2) is 7.21. The minimum Gasteiger partial charge on any atom is -0.326 e. The maximum absolute atomic E-state index is 12.0. The first kappa shape index (κ1) is 16.9. The van der Waals surface area contributed by atoms with E-state index in [1.807, 2.05) is 0 Å². The molecule has 1 saturated carbocycles. The van der Waals surface area contributed by atoms with Crippen LogP contribution in [0.2, 0.25) is 0 Å². The van der Waals surface area contributed by atoms with Gasteiger partial charge in [-0.25, -0.2) is 8.42 Å². The summed E-state index contributed by atoms with van der Waals surface area (Å²) >= 11 is 0. The molecule has 1 aliphatic rings. The zero-order valence-electron chi connectivity index (χ0n) is 12.9. The van der Waals surface area contributed by atoms with Gasteiger partial charge in [-0.15, -0.1) is 0 Å². The number of benzene rings is 1. The first-order chi connectivity index (χ1) is 10.4. The molecule has 0 radical (unpaired) electrons. The van der Waals surface area contributed by atoms with E-state index in [1.165, 1.54) is 39.1 Å². The van der Waals surface area contributed by atoms with E-state index >= 15 is 0 Å². The molecule has 0 aliphatic heterocycles. The first-order valence-corrected chi connectivity index (χ1v) is 8.80. The van der Waals surface area contributed by atoms with Crippen LogP contribution < -0.4 is 5.32 Å². The average molecular weight is 326 g/mol. The molecule has 0 spiro atoms. The number of amides is 1. The van der Waals surface area contributed by atoms with E-state index in [-0.39, 0.29) is 10.8 Å². The van der Waals surface area contributed by atoms with Crippen molar-refractivity contribution in [3.63, 3.8) is 0 Å². The summed E-state index contributed by atoms with van der Waals surface area (Å²) in [6, 6.07) is 6.08. The highest BCUT2D eigenvalue weighted by atomic mass is 32.2. The van der Waals surface area contributed by atoms with E-state index < -0.39 is 10.0 Å². The van der Waals surface area contributed by atoms with Gasteiger partial charge in [0.2, 0.25) is 5.91 Å². The molecule has 7 heteroatoms. The highest BCUT2D eigenvalue weighted by Gasteiger charge is 2.21. The second-order valence-electron chi connectivity index (χ2n) is 5.52. The predicted octanol–water partition coefficient (Wildman–Crippen LogP) is 2.39. The van der Waals surface area contributed by atoms with Gasteiger partial charge >= 0.3 is 0 Å². The summed E-state index contributed by atoms with van der Waals surface area (Å²) in [7, 11) is -1.04. The molecule has 0 heterocycles. The van der Waals surface area contributed by atoms with Crippen molar-refractivity contribution in [3.05, 3.63) is 24.3 Å². The number of hydrogen-bond donors (Lipinski definition) is 1. The van der Waals surface area contributed by atoms with Crippen molar-refractivity contribution >= 4 is 21.6 Å². The van der Waals surface area contributed by atoms with Gasteiger partial charge in [-0.3, -0.25) is 9.63 Å². The standard InChI is InChI=1S/C15H22N2O4S/c1-17(21-2)22(19,20)14-9-7-13(8-10-14)16-15(18)11-12-5-3-4-6-12/h7-10,12H,3-6,11H2,1-2H3,(H,16,18). The Hall–Kier alpha value is -1.44. The Balaban J connectivity index is 1.98. The van der Waals surface area contributed by atoms with Crippen molar-refractivity contribution in [1.29, 1.82) is 0 Å². The Kier molecular flexibility index (Phi) is 5.55. The minimum atomic E-state index is -3.65. The summed E-state index contributed by atoms with van der Waals surface area (Å²) in [6.45, 7) is 0. The minimum absolute atomic E-state index is 0.0171. The van der Waals surface area contributed by atoms with Gasteiger partial charge in [0.05, 0.1) is 12.0 Å². The van der Waals surface area contributed by atoms with Gasteiger partial charge in [-0.05, 0) is 43.0 Å². The van der Waals surface area contributed by atoms with Gasteiger partial charge in [0, 0.05) is 19.2 Å². The van der Waals surface area contributed by atoms with Crippen LogP contribution in [0.15, 0.2) is 29.2 Å². The topological polar surface area (TPSA) is 75.7 Å². The molecule has 1 aliphatic carbocycles. The van der Waals surface area contributed by atoms with Crippen LogP contribution in [-0.2, 0) is 19.7 Å². The zero-order chi connectivity index (χ0) is 16.2. The van der Waals surface area contributed by atoms with Gasteiger partial charge in [0.1, 0.15) is 0 Å². The molecule has 1 amide bonds. The largest absolute Gasteiger partial charge is 0.326 e. The highest BCUT2D eigenvalue weighted by Crippen LogP contribution is 2.28. The maximum Gasteiger partial charge on any atom is 0.264 e. The monoisotopic (exact) mass is 326 g/mol. The molecule has 1 N–H and O–H groups in total. The van der Waals surface area contributed by atoms with E-state index in [4.69, 9.17) is 4.84 Å². The van der Waals surface area contributed by atoms with Crippen molar-refractivity contribution < 1.29 is 18.0 Å². The van der Waals surface area contributed by atoms with Crippen LogP contribution in [0, 0.1) is 5.92 Å². The number of carbonyl (C=O) groups excluding carboxylic acids is 1. The van der Waals surface area contributed by atoms with Crippen molar-refractivity contribution in [2.24, 2.45) is 5.92 Å². The lowest BCUT2D eigenvalue weighted by Gasteiger charge is -2.14. The Morgan fingerprint density at radius 2 is 1.86 bits per heavy atom. The Labute approximate surface area is 131 Å². The first-order valence-electron chi connectivity index (χ1n) is 7.36. The average Bonchev–Trinajstić information content (AvgIpc) is 2.99. The summed E-state index contributed by atoms with van der Waals surface area (Å²) in [4.78, 5) is 16.8. The summed E-state index contributed by atoms with van der Waals surface area (Å²) < 4.78 is 24.9. The quantitative estimate of drug-likeness (QED) is 0.814. The van der Waals surface area contributed by atoms with Crippen molar-refractivity contribution in [1.82, 2.24) is 4.47 Å². The van der Waals surface area contributed by atoms with Gasteiger partial charge in [-0.2, -0.15) is 0 Å². The number of sulfonamides is 1. The van der Waals surface area contributed by atoms with E-state index in [1.54, 1.807) is 12.1 Å². The molecule has 2 rings (SSSR count). The lowest BCUT2D eigenvalue weighted by atomic mass is 10.0. The normalized spacial score (nSPS) is 16.1. The van der Waals surface area contributed by atoms with Crippen LogP contribution in [0.25, 0.3) is 0 Å². The van der Waals surface area contributed by atoms with Gasteiger partial charge in [0.25, 0.3) is 10.0 Å². The fourth-order valence-corrected chi connectivity index (χ4v) is 3.62. The molecule has 1 aromatic carbocycles. The smallest absolute Gasteiger partial charge is 0.264 e. The summed E-state index contributed by atoms with van der Waals surface area (Å²) in [5.74, 6) is 0.464. The Bertz CT molecular complexity index is 607. The third kappa shape index (κ3) is 4.06. The summed E-state index contributed by atoms with van der Waals surface area (Å²) in [6.07, 6.45) is 5.18. The molecule has 22 heavy (non-hydrogen) atoms. The number of hydroxylamine groups is 1. The lowest BCUT2D eigenvalue weighted by Crippen LogP contribution is -2.25. The number of nitrogens with zero attached hydrogens (tertiary/aromatic N) is 1. The lowest BCUT2D eigenvalue weighted by molar-refractivity contribution is -0.117. The fourth-order valence-electron chi connectivity index (χ4n) is 2.65.